The number of rotatable bonds is 8. The number of nitrogens with one attached hydrogen (secondary N) is 1. The lowest BCUT2D eigenvalue weighted by Gasteiger charge is -2.24. The molecule has 0 aromatic heterocycles. The van der Waals surface area contributed by atoms with Gasteiger partial charge in [-0.1, -0.05) is 41.9 Å². The van der Waals surface area contributed by atoms with E-state index in [0.717, 1.165) is 11.3 Å². The highest BCUT2D eigenvalue weighted by atomic mass is 35.5. The van der Waals surface area contributed by atoms with Gasteiger partial charge in [0.05, 0.1) is 18.7 Å². The van der Waals surface area contributed by atoms with Crippen molar-refractivity contribution >= 4 is 52.1 Å². The summed E-state index contributed by atoms with van der Waals surface area (Å²) in [5.41, 5.74) is 2.24. The molecule has 1 aliphatic rings. The van der Waals surface area contributed by atoms with Crippen molar-refractivity contribution < 1.29 is 14.3 Å². The fourth-order valence-electron chi connectivity index (χ4n) is 3.80. The molecule has 4 rings (SSSR count). The molecule has 8 heteroatoms. The first-order chi connectivity index (χ1) is 16.5. The number of anilines is 2. The zero-order valence-corrected chi connectivity index (χ0v) is 20.2. The summed E-state index contributed by atoms with van der Waals surface area (Å²) in [6.07, 6.45) is -0.0386. The van der Waals surface area contributed by atoms with Crippen LogP contribution in [0.3, 0.4) is 0 Å². The van der Waals surface area contributed by atoms with Crippen LogP contribution in [0.5, 0.6) is 5.75 Å². The normalized spacial score (nSPS) is 15.5. The molecule has 0 spiro atoms. The summed E-state index contributed by atoms with van der Waals surface area (Å²) in [5.74, 6) is 0.220. The van der Waals surface area contributed by atoms with Gasteiger partial charge in [-0.25, -0.2) is 0 Å². The van der Waals surface area contributed by atoms with Crippen molar-refractivity contribution in [1.82, 2.24) is 4.90 Å². The van der Waals surface area contributed by atoms with Crippen molar-refractivity contribution in [3.8, 4) is 5.75 Å². The molecule has 1 unspecified atom stereocenters. The van der Waals surface area contributed by atoms with E-state index < -0.39 is 6.04 Å². The Bertz CT molecular complexity index is 1170. The Hall–Kier alpha value is -3.42. The summed E-state index contributed by atoms with van der Waals surface area (Å²) in [7, 11) is 0. The lowest BCUT2D eigenvalue weighted by Crippen LogP contribution is -2.37. The summed E-state index contributed by atoms with van der Waals surface area (Å²) in [4.78, 5) is 29.7. The topological polar surface area (TPSA) is 61.9 Å². The van der Waals surface area contributed by atoms with Gasteiger partial charge in [-0.05, 0) is 73.2 Å². The molecule has 0 bridgehead atoms. The Labute approximate surface area is 209 Å². The molecular weight excluding hydrogens is 470 g/mol. The number of halogens is 1. The quantitative estimate of drug-likeness (QED) is 0.433. The van der Waals surface area contributed by atoms with Crippen LogP contribution in [0.1, 0.15) is 18.9 Å². The van der Waals surface area contributed by atoms with Crippen LogP contribution in [0.25, 0.3) is 0 Å². The first-order valence-electron chi connectivity index (χ1n) is 10.9. The highest BCUT2D eigenvalue weighted by molar-refractivity contribution is 7.80. The van der Waals surface area contributed by atoms with Gasteiger partial charge in [0.25, 0.3) is 5.91 Å². The van der Waals surface area contributed by atoms with E-state index in [2.05, 4.69) is 5.32 Å². The van der Waals surface area contributed by atoms with Crippen molar-refractivity contribution in [2.24, 2.45) is 0 Å². The molecule has 34 heavy (non-hydrogen) atoms. The van der Waals surface area contributed by atoms with Crippen molar-refractivity contribution in [2.45, 2.75) is 25.9 Å². The highest BCUT2D eigenvalue weighted by Crippen LogP contribution is 2.29. The lowest BCUT2D eigenvalue weighted by atomic mass is 10.1. The van der Waals surface area contributed by atoms with E-state index in [9.17, 15) is 9.59 Å². The number of para-hydroxylation sites is 1. The van der Waals surface area contributed by atoms with Gasteiger partial charge in [-0.2, -0.15) is 0 Å². The highest BCUT2D eigenvalue weighted by Gasteiger charge is 2.44. The van der Waals surface area contributed by atoms with Gasteiger partial charge in [0.2, 0.25) is 5.91 Å². The number of thiocarbonyl (C=S) groups is 1. The largest absolute Gasteiger partial charge is 0.494 e. The van der Waals surface area contributed by atoms with E-state index in [1.54, 1.807) is 41.3 Å². The first kappa shape index (κ1) is 23.7. The predicted molar refractivity (Wildman–Crippen MR) is 138 cm³/mol. The number of hydrogen-bond acceptors (Lipinski definition) is 4. The molecule has 6 nitrogen and oxygen atoms in total. The summed E-state index contributed by atoms with van der Waals surface area (Å²) >= 11 is 11.7. The van der Waals surface area contributed by atoms with E-state index in [-0.39, 0.29) is 18.2 Å². The molecule has 3 aromatic carbocycles. The predicted octanol–water partition coefficient (Wildman–Crippen LogP) is 5.27. The first-order valence-corrected chi connectivity index (χ1v) is 11.7. The summed E-state index contributed by atoms with van der Waals surface area (Å²) < 4.78 is 5.44. The average Bonchev–Trinajstić information content (AvgIpc) is 3.06. The minimum atomic E-state index is -0.730. The van der Waals surface area contributed by atoms with E-state index >= 15 is 0 Å². The van der Waals surface area contributed by atoms with Gasteiger partial charge in [-0.15, -0.1) is 0 Å². The second-order valence-corrected chi connectivity index (χ2v) is 8.57. The lowest BCUT2D eigenvalue weighted by molar-refractivity contribution is -0.124. The number of ether oxygens (including phenoxy) is 1. The minimum Gasteiger partial charge on any atom is -0.494 e. The number of carbonyl (C=O) groups excluding carboxylic acids is 2. The zero-order valence-electron chi connectivity index (χ0n) is 18.6. The van der Waals surface area contributed by atoms with Crippen LogP contribution in [-0.2, 0) is 16.1 Å². The van der Waals surface area contributed by atoms with Crippen molar-refractivity contribution in [3.63, 3.8) is 0 Å². The molecule has 1 N–H and O–H groups in total. The van der Waals surface area contributed by atoms with E-state index in [4.69, 9.17) is 28.6 Å². The molecule has 3 aromatic rings. The van der Waals surface area contributed by atoms with Gasteiger partial charge in [0.1, 0.15) is 11.8 Å². The third-order valence-electron chi connectivity index (χ3n) is 5.43. The number of carbonyl (C=O) groups is 2. The van der Waals surface area contributed by atoms with Crippen LogP contribution in [0.15, 0.2) is 78.9 Å². The number of benzene rings is 3. The number of hydrogen-bond donors (Lipinski definition) is 1. The van der Waals surface area contributed by atoms with Crippen LogP contribution < -0.4 is 15.0 Å². The van der Waals surface area contributed by atoms with Crippen LogP contribution in [0.4, 0.5) is 11.4 Å². The Morgan fingerprint density at radius 3 is 2.35 bits per heavy atom. The second kappa shape index (κ2) is 10.7. The van der Waals surface area contributed by atoms with Gasteiger partial charge in [-0.3, -0.25) is 14.5 Å². The third-order valence-corrected chi connectivity index (χ3v) is 6.10. The van der Waals surface area contributed by atoms with Crippen molar-refractivity contribution in [1.29, 1.82) is 0 Å². The molecule has 2 amide bonds. The molecule has 0 aliphatic carbocycles. The zero-order chi connectivity index (χ0) is 24.1. The van der Waals surface area contributed by atoms with Gasteiger partial charge >= 0.3 is 0 Å². The molecule has 1 atom stereocenters. The molecule has 0 saturated carbocycles. The molecule has 1 aliphatic heterocycles. The van der Waals surface area contributed by atoms with Crippen LogP contribution in [0.2, 0.25) is 5.02 Å². The number of amides is 2. The Balaban J connectivity index is 1.54. The second-order valence-electron chi connectivity index (χ2n) is 7.77. The van der Waals surface area contributed by atoms with Gasteiger partial charge < -0.3 is 15.0 Å². The Morgan fingerprint density at radius 2 is 1.71 bits per heavy atom. The summed E-state index contributed by atoms with van der Waals surface area (Å²) in [5, 5.41) is 3.86. The van der Waals surface area contributed by atoms with Crippen molar-refractivity contribution in [3.05, 3.63) is 89.4 Å². The number of nitrogens with zero attached hydrogens (tertiary/aromatic N) is 2. The SMILES string of the molecule is CCOc1ccc(NC(=O)CC2C(=O)N(c3ccccc3)C(=S)N2Cc2ccc(Cl)cc2)cc1. The molecule has 1 heterocycles. The molecular formula is C26H24ClN3O3S. The monoisotopic (exact) mass is 493 g/mol. The smallest absolute Gasteiger partial charge is 0.256 e. The van der Waals surface area contributed by atoms with Crippen LogP contribution >= 0.6 is 23.8 Å². The van der Waals surface area contributed by atoms with Crippen LogP contribution in [-0.4, -0.2) is 34.5 Å². The standard InChI is InChI=1S/C26H24ClN3O3S/c1-2-33-22-14-12-20(13-15-22)28-24(31)16-23-25(32)30(21-6-4-3-5-7-21)26(34)29(23)17-18-8-10-19(27)11-9-18/h3-15,23H,2,16-17H2,1H3,(H,28,31). The summed E-state index contributed by atoms with van der Waals surface area (Å²) in [6.45, 7) is 2.86. The van der Waals surface area contributed by atoms with E-state index in [0.29, 0.717) is 34.7 Å². The average molecular weight is 494 g/mol. The molecule has 1 fully saturated rings. The Morgan fingerprint density at radius 1 is 1.03 bits per heavy atom. The maximum atomic E-state index is 13.5. The molecule has 0 radical (unpaired) electrons. The Kier molecular flexibility index (Phi) is 7.45. The molecule has 1 saturated heterocycles. The fraction of sp³-hybridized carbons (Fsp3) is 0.192. The third kappa shape index (κ3) is 5.38. The minimum absolute atomic E-state index is 0.0386. The van der Waals surface area contributed by atoms with Crippen LogP contribution in [0, 0.1) is 0 Å². The van der Waals surface area contributed by atoms with Gasteiger partial charge in [0.15, 0.2) is 5.11 Å². The summed E-state index contributed by atoms with van der Waals surface area (Å²) in [6, 6.07) is 23.0. The van der Waals surface area contributed by atoms with E-state index in [1.165, 1.54) is 4.90 Å². The van der Waals surface area contributed by atoms with Crippen molar-refractivity contribution in [2.75, 3.05) is 16.8 Å². The van der Waals surface area contributed by atoms with Gasteiger partial charge in [0, 0.05) is 17.3 Å². The fourth-order valence-corrected chi connectivity index (χ4v) is 4.32. The maximum absolute atomic E-state index is 13.5. The van der Waals surface area contributed by atoms with E-state index in [1.807, 2.05) is 49.4 Å². The maximum Gasteiger partial charge on any atom is 0.256 e. The molecule has 174 valence electrons.